The highest BCUT2D eigenvalue weighted by atomic mass is 35.5. The summed E-state index contributed by atoms with van der Waals surface area (Å²) < 4.78 is 25.1. The van der Waals surface area contributed by atoms with Crippen molar-refractivity contribution >= 4 is 33.2 Å². The number of sulfonamides is 1. The number of benzene rings is 1. The Balaban J connectivity index is 3.11. The maximum absolute atomic E-state index is 11.5. The summed E-state index contributed by atoms with van der Waals surface area (Å²) in [5.74, 6) is 0. The van der Waals surface area contributed by atoms with Gasteiger partial charge in [0.15, 0.2) is 0 Å². The molecule has 0 atom stereocenters. The fraction of sp³-hybridized carbons (Fsp3) is 0.125. The van der Waals surface area contributed by atoms with Crippen LogP contribution >= 0.6 is 23.2 Å². The van der Waals surface area contributed by atoms with Crippen molar-refractivity contribution in [2.24, 2.45) is 0 Å². The molecule has 0 unspecified atom stereocenters. The van der Waals surface area contributed by atoms with Crippen molar-refractivity contribution in [1.29, 1.82) is 5.26 Å². The highest BCUT2D eigenvalue weighted by molar-refractivity contribution is 7.89. The number of nitrogens with zero attached hydrogens (tertiary/aromatic N) is 1. The number of nitrogens with one attached hydrogen (secondary N) is 1. The van der Waals surface area contributed by atoms with E-state index in [1.165, 1.54) is 18.2 Å². The van der Waals surface area contributed by atoms with Crippen LogP contribution < -0.4 is 4.72 Å². The van der Waals surface area contributed by atoms with Gasteiger partial charge in [-0.05, 0) is 18.2 Å². The van der Waals surface area contributed by atoms with E-state index >= 15 is 0 Å². The van der Waals surface area contributed by atoms with Crippen LogP contribution in [0.5, 0.6) is 0 Å². The Morgan fingerprint density at radius 2 is 1.80 bits per heavy atom. The minimum Gasteiger partial charge on any atom is -0.207 e. The Kier molecular flexibility index (Phi) is 3.94. The van der Waals surface area contributed by atoms with Crippen LogP contribution in [-0.4, -0.2) is 15.0 Å². The number of hydrogen-bond acceptors (Lipinski definition) is 3. The lowest BCUT2D eigenvalue weighted by Gasteiger charge is -2.04. The van der Waals surface area contributed by atoms with Gasteiger partial charge < -0.3 is 0 Å². The second kappa shape index (κ2) is 4.81. The lowest BCUT2D eigenvalue weighted by molar-refractivity contribution is 0.586. The smallest absolute Gasteiger partial charge is 0.207 e. The molecule has 0 aliphatic heterocycles. The Bertz CT molecular complexity index is 488. The molecule has 1 N–H and O–H groups in total. The minimum atomic E-state index is -3.71. The predicted molar refractivity (Wildman–Crippen MR) is 57.3 cm³/mol. The van der Waals surface area contributed by atoms with Crippen molar-refractivity contribution in [3.63, 3.8) is 0 Å². The van der Waals surface area contributed by atoms with Crippen LogP contribution in [0.3, 0.4) is 0 Å². The Morgan fingerprint density at radius 1 is 1.27 bits per heavy atom. The molecule has 0 bridgehead atoms. The summed E-state index contributed by atoms with van der Waals surface area (Å²) in [5.41, 5.74) is 0. The van der Waals surface area contributed by atoms with Crippen LogP contribution in [0.2, 0.25) is 10.0 Å². The van der Waals surface area contributed by atoms with Crippen LogP contribution in [-0.2, 0) is 10.0 Å². The van der Waals surface area contributed by atoms with Crippen molar-refractivity contribution < 1.29 is 8.42 Å². The molecule has 0 saturated carbocycles. The minimum absolute atomic E-state index is 0.0600. The molecule has 0 spiro atoms. The van der Waals surface area contributed by atoms with Gasteiger partial charge in [0.1, 0.15) is 0 Å². The monoisotopic (exact) mass is 264 g/mol. The summed E-state index contributed by atoms with van der Waals surface area (Å²) >= 11 is 11.3. The van der Waals surface area contributed by atoms with Crippen molar-refractivity contribution in [3.8, 4) is 6.07 Å². The van der Waals surface area contributed by atoms with Gasteiger partial charge in [-0.3, -0.25) is 0 Å². The van der Waals surface area contributed by atoms with E-state index in [2.05, 4.69) is 4.72 Å². The summed E-state index contributed by atoms with van der Waals surface area (Å²) in [5, 5.41) is 8.70. The molecule has 0 amide bonds. The average molecular weight is 265 g/mol. The topological polar surface area (TPSA) is 70.0 Å². The van der Waals surface area contributed by atoms with Gasteiger partial charge in [0, 0.05) is 10.0 Å². The van der Waals surface area contributed by atoms with Gasteiger partial charge in [0.25, 0.3) is 0 Å². The summed E-state index contributed by atoms with van der Waals surface area (Å²) in [7, 11) is -3.71. The molecular formula is C8H6Cl2N2O2S. The summed E-state index contributed by atoms with van der Waals surface area (Å²) in [6, 6.07) is 5.60. The number of halogens is 2. The van der Waals surface area contributed by atoms with Gasteiger partial charge in [-0.2, -0.15) is 9.98 Å². The first kappa shape index (κ1) is 12.3. The molecule has 0 aliphatic rings. The first-order valence-corrected chi connectivity index (χ1v) is 6.02. The zero-order valence-electron chi connectivity index (χ0n) is 7.37. The third-order valence-electron chi connectivity index (χ3n) is 1.49. The summed E-state index contributed by atoms with van der Waals surface area (Å²) in [6.07, 6.45) is 0. The standard InChI is InChI=1S/C8H6Cl2N2O2S/c9-6-3-7(10)5-8(4-6)15(13,14)12-2-1-11/h3-5,12H,2H2. The quantitative estimate of drug-likeness (QED) is 0.847. The van der Waals surface area contributed by atoms with Gasteiger partial charge in [-0.1, -0.05) is 23.2 Å². The zero-order valence-corrected chi connectivity index (χ0v) is 9.70. The molecule has 80 valence electrons. The molecule has 1 aromatic carbocycles. The average Bonchev–Trinajstić information content (AvgIpc) is 2.13. The molecule has 1 aromatic rings. The summed E-state index contributed by atoms with van der Waals surface area (Å²) in [4.78, 5) is -0.0600. The van der Waals surface area contributed by atoms with Crippen LogP contribution in [0.4, 0.5) is 0 Å². The highest BCUT2D eigenvalue weighted by Crippen LogP contribution is 2.21. The van der Waals surface area contributed by atoms with Crippen LogP contribution in [0.1, 0.15) is 0 Å². The second-order valence-electron chi connectivity index (χ2n) is 2.59. The largest absolute Gasteiger partial charge is 0.241 e. The Morgan fingerprint density at radius 3 is 2.27 bits per heavy atom. The van der Waals surface area contributed by atoms with Gasteiger partial charge in [0.05, 0.1) is 17.5 Å². The number of hydrogen-bond donors (Lipinski definition) is 1. The van der Waals surface area contributed by atoms with E-state index < -0.39 is 10.0 Å². The third kappa shape index (κ3) is 3.36. The second-order valence-corrected chi connectivity index (χ2v) is 5.23. The Labute approximate surface area is 97.5 Å². The summed E-state index contributed by atoms with van der Waals surface area (Å²) in [6.45, 7) is -0.299. The van der Waals surface area contributed by atoms with Crippen molar-refractivity contribution in [2.75, 3.05) is 6.54 Å². The van der Waals surface area contributed by atoms with Crippen LogP contribution in [0, 0.1) is 11.3 Å². The molecule has 0 aliphatic carbocycles. The number of nitriles is 1. The fourth-order valence-corrected chi connectivity index (χ4v) is 2.54. The van der Waals surface area contributed by atoms with E-state index in [9.17, 15) is 8.42 Å². The van der Waals surface area contributed by atoms with Crippen LogP contribution in [0.25, 0.3) is 0 Å². The lowest BCUT2D eigenvalue weighted by atomic mass is 10.4. The lowest BCUT2D eigenvalue weighted by Crippen LogP contribution is -2.23. The van der Waals surface area contributed by atoms with Gasteiger partial charge in [-0.25, -0.2) is 8.42 Å². The van der Waals surface area contributed by atoms with Gasteiger partial charge >= 0.3 is 0 Å². The van der Waals surface area contributed by atoms with Crippen LogP contribution in [0.15, 0.2) is 23.1 Å². The molecule has 0 aromatic heterocycles. The molecule has 4 nitrogen and oxygen atoms in total. The molecule has 7 heteroatoms. The molecule has 0 fully saturated rings. The van der Waals surface area contributed by atoms with E-state index in [0.717, 1.165) is 0 Å². The highest BCUT2D eigenvalue weighted by Gasteiger charge is 2.14. The zero-order chi connectivity index (χ0) is 11.5. The molecule has 0 heterocycles. The molecule has 0 saturated heterocycles. The third-order valence-corrected chi connectivity index (χ3v) is 3.30. The van der Waals surface area contributed by atoms with E-state index in [-0.39, 0.29) is 21.5 Å². The van der Waals surface area contributed by atoms with E-state index in [1.54, 1.807) is 6.07 Å². The SMILES string of the molecule is N#CCNS(=O)(=O)c1cc(Cl)cc(Cl)c1. The van der Waals surface area contributed by atoms with E-state index in [0.29, 0.717) is 0 Å². The van der Waals surface area contributed by atoms with Crippen molar-refractivity contribution in [2.45, 2.75) is 4.90 Å². The first-order chi connectivity index (χ1) is 6.95. The maximum Gasteiger partial charge on any atom is 0.241 e. The predicted octanol–water partition coefficient (Wildman–Crippen LogP) is 1.80. The van der Waals surface area contributed by atoms with Crippen molar-refractivity contribution in [3.05, 3.63) is 28.2 Å². The normalized spacial score (nSPS) is 11.0. The maximum atomic E-state index is 11.5. The number of rotatable bonds is 3. The Hall–Kier alpha value is -0.800. The molecular weight excluding hydrogens is 259 g/mol. The van der Waals surface area contributed by atoms with E-state index in [4.69, 9.17) is 28.5 Å². The molecule has 1 rings (SSSR count). The van der Waals surface area contributed by atoms with Gasteiger partial charge in [-0.15, -0.1) is 0 Å². The van der Waals surface area contributed by atoms with Crippen molar-refractivity contribution in [1.82, 2.24) is 4.72 Å². The molecule has 15 heavy (non-hydrogen) atoms. The van der Waals surface area contributed by atoms with E-state index in [1.807, 2.05) is 0 Å². The molecule has 0 radical (unpaired) electrons. The van der Waals surface area contributed by atoms with Gasteiger partial charge in [0.2, 0.25) is 10.0 Å². The first-order valence-electron chi connectivity index (χ1n) is 3.78. The fourth-order valence-electron chi connectivity index (χ4n) is 0.894.